The van der Waals surface area contributed by atoms with E-state index in [9.17, 15) is 4.79 Å². The Morgan fingerprint density at radius 1 is 1.29 bits per heavy atom. The Kier molecular flexibility index (Phi) is 6.36. The normalized spacial score (nSPS) is 12.5. The van der Waals surface area contributed by atoms with E-state index in [0.29, 0.717) is 36.6 Å². The first-order valence-electron chi connectivity index (χ1n) is 9.46. The van der Waals surface area contributed by atoms with Crippen molar-refractivity contribution in [2.24, 2.45) is 5.92 Å². The molecule has 0 saturated heterocycles. The number of methoxy groups -OCH3 is 1. The number of aromatic nitrogens is 2. The lowest BCUT2D eigenvalue weighted by molar-refractivity contribution is 0.0996. The van der Waals surface area contributed by atoms with Crippen molar-refractivity contribution in [1.29, 1.82) is 0 Å². The third-order valence-electron chi connectivity index (χ3n) is 4.50. The minimum atomic E-state index is -0.339. The van der Waals surface area contributed by atoms with Crippen molar-refractivity contribution < 1.29 is 18.7 Å². The average Bonchev–Trinajstić information content (AvgIpc) is 3.31. The van der Waals surface area contributed by atoms with Crippen molar-refractivity contribution in [2.75, 3.05) is 25.6 Å². The number of nitrogens with zero attached hydrogens (tertiary/aromatic N) is 2. The number of benzene rings is 1. The first-order valence-corrected chi connectivity index (χ1v) is 9.46. The number of imidazole rings is 1. The summed E-state index contributed by atoms with van der Waals surface area (Å²) in [4.78, 5) is 16.9. The molecule has 1 unspecified atom stereocenters. The maximum absolute atomic E-state index is 12.4. The number of hydrogen-bond acceptors (Lipinski definition) is 5. The van der Waals surface area contributed by atoms with E-state index in [1.54, 1.807) is 19.2 Å². The molecule has 2 aromatic heterocycles. The van der Waals surface area contributed by atoms with Gasteiger partial charge in [0.2, 0.25) is 0 Å². The summed E-state index contributed by atoms with van der Waals surface area (Å²) < 4.78 is 18.3. The molecule has 3 aromatic rings. The molecule has 0 aliphatic rings. The molecule has 7 heteroatoms. The summed E-state index contributed by atoms with van der Waals surface area (Å²) in [5.41, 5.74) is 2.31. The topological polar surface area (TPSA) is 78.5 Å². The molecule has 28 heavy (non-hydrogen) atoms. The fraction of sp³-hybridized carbons (Fsp3) is 0.429. The highest BCUT2D eigenvalue weighted by Crippen LogP contribution is 2.32. The molecule has 1 aromatic carbocycles. The van der Waals surface area contributed by atoms with Crippen LogP contribution < -0.4 is 10.1 Å². The molecule has 1 amide bonds. The molecular formula is C21H27N3O4. The molecule has 7 nitrogen and oxygen atoms in total. The largest absolute Gasteiger partial charge is 0.489 e. The van der Waals surface area contributed by atoms with Gasteiger partial charge in [0.15, 0.2) is 5.76 Å². The van der Waals surface area contributed by atoms with E-state index in [2.05, 4.69) is 35.6 Å². The number of ether oxygens (including phenoxy) is 2. The zero-order chi connectivity index (χ0) is 20.1. The average molecular weight is 385 g/mol. The van der Waals surface area contributed by atoms with E-state index >= 15 is 0 Å². The summed E-state index contributed by atoms with van der Waals surface area (Å²) in [5, 5.41) is 2.85. The van der Waals surface area contributed by atoms with Crippen LogP contribution in [0.2, 0.25) is 0 Å². The molecule has 0 spiro atoms. The van der Waals surface area contributed by atoms with Crippen molar-refractivity contribution in [3.8, 4) is 5.75 Å². The number of fused-ring (bicyclic) bond motifs is 1. The molecule has 0 saturated carbocycles. The van der Waals surface area contributed by atoms with Crippen LogP contribution in [0.1, 0.15) is 43.8 Å². The molecule has 3 rings (SSSR count). The highest BCUT2D eigenvalue weighted by atomic mass is 16.5. The number of rotatable bonds is 9. The van der Waals surface area contributed by atoms with Crippen molar-refractivity contribution >= 4 is 22.6 Å². The smallest absolute Gasteiger partial charge is 0.291 e. The Morgan fingerprint density at radius 3 is 2.79 bits per heavy atom. The molecule has 0 aliphatic carbocycles. The van der Waals surface area contributed by atoms with Gasteiger partial charge in [-0.15, -0.1) is 0 Å². The van der Waals surface area contributed by atoms with E-state index in [1.807, 2.05) is 18.5 Å². The zero-order valence-corrected chi connectivity index (χ0v) is 16.8. The Morgan fingerprint density at radius 2 is 2.11 bits per heavy atom. The monoisotopic (exact) mass is 385 g/mol. The Bertz CT molecular complexity index is 915. The number of carbonyl (C=O) groups excluding carboxylic acids is 1. The van der Waals surface area contributed by atoms with E-state index in [0.717, 1.165) is 17.5 Å². The van der Waals surface area contributed by atoms with Crippen LogP contribution in [-0.2, 0) is 4.74 Å². The van der Waals surface area contributed by atoms with Crippen LogP contribution >= 0.6 is 0 Å². The Balaban J connectivity index is 1.94. The molecular weight excluding hydrogens is 358 g/mol. The number of carbonyl (C=O) groups is 1. The van der Waals surface area contributed by atoms with Crippen LogP contribution in [0.5, 0.6) is 5.75 Å². The van der Waals surface area contributed by atoms with Gasteiger partial charge in [0, 0.05) is 19.2 Å². The van der Waals surface area contributed by atoms with Crippen LogP contribution in [0.15, 0.2) is 41.3 Å². The SMILES string of the molecule is COCCOc1cc2c(cc1NC(=O)c1ccco1)ncn2C(C)CC(C)C. The van der Waals surface area contributed by atoms with Crippen molar-refractivity contribution in [3.05, 3.63) is 42.6 Å². The van der Waals surface area contributed by atoms with Crippen LogP contribution in [-0.4, -0.2) is 35.8 Å². The summed E-state index contributed by atoms with van der Waals surface area (Å²) in [6.07, 6.45) is 4.35. The quantitative estimate of drug-likeness (QED) is 0.548. The second kappa shape index (κ2) is 8.93. The van der Waals surface area contributed by atoms with Crippen molar-refractivity contribution in [3.63, 3.8) is 0 Å². The number of anilines is 1. The third-order valence-corrected chi connectivity index (χ3v) is 4.50. The molecule has 2 heterocycles. The van der Waals surface area contributed by atoms with E-state index in [-0.39, 0.29) is 11.7 Å². The second-order valence-electron chi connectivity index (χ2n) is 7.24. The lowest BCUT2D eigenvalue weighted by atomic mass is 10.1. The van der Waals surface area contributed by atoms with Crippen LogP contribution in [0.25, 0.3) is 11.0 Å². The van der Waals surface area contributed by atoms with Gasteiger partial charge in [-0.1, -0.05) is 13.8 Å². The summed E-state index contributed by atoms with van der Waals surface area (Å²) in [6.45, 7) is 7.42. The van der Waals surface area contributed by atoms with Gasteiger partial charge in [0.25, 0.3) is 5.91 Å². The number of furan rings is 1. The highest BCUT2D eigenvalue weighted by molar-refractivity contribution is 6.04. The minimum Gasteiger partial charge on any atom is -0.489 e. The standard InChI is InChI=1S/C21H27N3O4/c1-14(2)10-15(3)24-13-22-16-11-17(23-21(25)19-6-5-7-27-19)20(12-18(16)24)28-9-8-26-4/h5-7,11-15H,8-10H2,1-4H3,(H,23,25). The van der Waals surface area contributed by atoms with Gasteiger partial charge in [-0.25, -0.2) is 4.98 Å². The van der Waals surface area contributed by atoms with Crippen LogP contribution in [0, 0.1) is 5.92 Å². The molecule has 0 fully saturated rings. The zero-order valence-electron chi connectivity index (χ0n) is 16.8. The highest BCUT2D eigenvalue weighted by Gasteiger charge is 2.17. The minimum absolute atomic E-state index is 0.235. The first-order chi connectivity index (χ1) is 13.5. The van der Waals surface area contributed by atoms with Gasteiger partial charge >= 0.3 is 0 Å². The summed E-state index contributed by atoms with van der Waals surface area (Å²) >= 11 is 0. The first kappa shape index (κ1) is 19.9. The van der Waals surface area contributed by atoms with Gasteiger partial charge in [0.05, 0.1) is 35.9 Å². The molecule has 0 aliphatic heterocycles. The predicted molar refractivity (Wildman–Crippen MR) is 108 cm³/mol. The van der Waals surface area contributed by atoms with E-state index < -0.39 is 0 Å². The predicted octanol–water partition coefficient (Wildman–Crippen LogP) is 4.51. The Hall–Kier alpha value is -2.80. The van der Waals surface area contributed by atoms with Crippen LogP contribution in [0.3, 0.4) is 0 Å². The maximum atomic E-state index is 12.4. The summed E-state index contributed by atoms with van der Waals surface area (Å²) in [6, 6.07) is 7.34. The van der Waals surface area contributed by atoms with Crippen molar-refractivity contribution in [1.82, 2.24) is 9.55 Å². The second-order valence-corrected chi connectivity index (χ2v) is 7.24. The number of nitrogens with one attached hydrogen (secondary N) is 1. The van der Waals surface area contributed by atoms with Crippen molar-refractivity contribution in [2.45, 2.75) is 33.2 Å². The lowest BCUT2D eigenvalue weighted by Crippen LogP contribution is -2.13. The van der Waals surface area contributed by atoms with Gasteiger partial charge < -0.3 is 23.8 Å². The molecule has 0 bridgehead atoms. The number of hydrogen-bond donors (Lipinski definition) is 1. The fourth-order valence-corrected chi connectivity index (χ4v) is 3.25. The van der Waals surface area contributed by atoms with Gasteiger partial charge in [-0.2, -0.15) is 0 Å². The van der Waals surface area contributed by atoms with Crippen LogP contribution in [0.4, 0.5) is 5.69 Å². The molecule has 1 atom stereocenters. The fourth-order valence-electron chi connectivity index (χ4n) is 3.25. The molecule has 1 N–H and O–H groups in total. The Labute approximate surface area is 164 Å². The summed E-state index contributed by atoms with van der Waals surface area (Å²) in [5.74, 6) is 1.05. The molecule has 0 radical (unpaired) electrons. The maximum Gasteiger partial charge on any atom is 0.291 e. The number of amides is 1. The summed E-state index contributed by atoms with van der Waals surface area (Å²) in [7, 11) is 1.62. The molecule has 150 valence electrons. The van der Waals surface area contributed by atoms with Gasteiger partial charge in [-0.3, -0.25) is 4.79 Å². The van der Waals surface area contributed by atoms with Gasteiger partial charge in [0.1, 0.15) is 12.4 Å². The lowest BCUT2D eigenvalue weighted by Gasteiger charge is -2.18. The van der Waals surface area contributed by atoms with E-state index in [4.69, 9.17) is 13.9 Å². The third kappa shape index (κ3) is 4.54. The van der Waals surface area contributed by atoms with E-state index in [1.165, 1.54) is 6.26 Å². The van der Waals surface area contributed by atoms with Gasteiger partial charge in [-0.05, 0) is 37.5 Å².